The van der Waals surface area contributed by atoms with E-state index in [1.54, 1.807) is 0 Å². The Kier molecular flexibility index (Phi) is 3.20. The molecule has 0 radical (unpaired) electrons. The standard InChI is InChI=1S/C12H18N6O/c13-5-8-1-3-18(4-2-8)12-10-11(14-7-15-12)17-9(6-19)16-10/h6-9,16H,1-5,13H2,(H,14,15,17). The summed E-state index contributed by atoms with van der Waals surface area (Å²) in [5.41, 5.74) is 6.53. The highest BCUT2D eigenvalue weighted by molar-refractivity contribution is 5.87. The molecule has 0 aromatic carbocycles. The van der Waals surface area contributed by atoms with Gasteiger partial charge in [0.1, 0.15) is 12.0 Å². The number of anilines is 3. The Morgan fingerprint density at radius 1 is 1.37 bits per heavy atom. The van der Waals surface area contributed by atoms with Gasteiger partial charge in [-0.25, -0.2) is 9.97 Å². The Morgan fingerprint density at radius 3 is 2.84 bits per heavy atom. The van der Waals surface area contributed by atoms with Crippen molar-refractivity contribution in [3.8, 4) is 0 Å². The van der Waals surface area contributed by atoms with Crippen LogP contribution in [0.25, 0.3) is 0 Å². The van der Waals surface area contributed by atoms with Gasteiger partial charge in [-0.2, -0.15) is 0 Å². The highest BCUT2D eigenvalue weighted by Crippen LogP contribution is 2.35. The Labute approximate surface area is 111 Å². The molecule has 102 valence electrons. The molecule has 3 heterocycles. The molecule has 0 aliphatic carbocycles. The van der Waals surface area contributed by atoms with Crippen LogP contribution in [0, 0.1) is 5.92 Å². The number of fused-ring (bicyclic) bond motifs is 1. The molecule has 2 aliphatic rings. The van der Waals surface area contributed by atoms with Gasteiger partial charge in [-0.1, -0.05) is 0 Å². The zero-order valence-corrected chi connectivity index (χ0v) is 10.7. The lowest BCUT2D eigenvalue weighted by Gasteiger charge is -2.32. The molecule has 1 fully saturated rings. The first-order chi connectivity index (χ1) is 9.31. The monoisotopic (exact) mass is 262 g/mol. The van der Waals surface area contributed by atoms with Gasteiger partial charge in [0.15, 0.2) is 24.1 Å². The SMILES string of the molecule is NCC1CCN(c2ncnc3c2NC(C=O)N3)CC1. The molecule has 1 aromatic heterocycles. The van der Waals surface area contributed by atoms with Crippen LogP contribution < -0.4 is 21.3 Å². The van der Waals surface area contributed by atoms with Crippen molar-refractivity contribution in [2.75, 3.05) is 35.2 Å². The normalized spacial score (nSPS) is 22.6. The van der Waals surface area contributed by atoms with Crippen LogP contribution in [0.1, 0.15) is 12.8 Å². The third-order valence-corrected chi connectivity index (χ3v) is 3.80. The number of piperidine rings is 1. The largest absolute Gasteiger partial charge is 0.355 e. The number of carbonyl (C=O) groups excluding carboxylic acids is 1. The first-order valence-corrected chi connectivity index (χ1v) is 6.60. The average molecular weight is 262 g/mol. The van der Waals surface area contributed by atoms with E-state index in [9.17, 15) is 4.79 Å². The Hall–Kier alpha value is -1.89. The van der Waals surface area contributed by atoms with Crippen LogP contribution in [0.4, 0.5) is 17.3 Å². The minimum absolute atomic E-state index is 0.410. The molecule has 0 saturated carbocycles. The number of hydrogen-bond donors (Lipinski definition) is 3. The van der Waals surface area contributed by atoms with Crippen molar-refractivity contribution in [1.29, 1.82) is 0 Å². The summed E-state index contributed by atoms with van der Waals surface area (Å²) in [6.45, 7) is 2.64. The average Bonchev–Trinajstić information content (AvgIpc) is 2.90. The van der Waals surface area contributed by atoms with E-state index in [4.69, 9.17) is 5.73 Å². The molecule has 7 nitrogen and oxygen atoms in total. The van der Waals surface area contributed by atoms with Gasteiger partial charge in [0.25, 0.3) is 0 Å². The molecule has 1 atom stereocenters. The molecule has 0 amide bonds. The summed E-state index contributed by atoms with van der Waals surface area (Å²) in [7, 11) is 0. The topological polar surface area (TPSA) is 96.2 Å². The Balaban J connectivity index is 1.80. The van der Waals surface area contributed by atoms with E-state index in [0.717, 1.165) is 50.3 Å². The van der Waals surface area contributed by atoms with Crippen molar-refractivity contribution in [3.63, 3.8) is 0 Å². The lowest BCUT2D eigenvalue weighted by Crippen LogP contribution is -2.37. The number of nitrogens with one attached hydrogen (secondary N) is 2. The van der Waals surface area contributed by atoms with Gasteiger partial charge in [0.2, 0.25) is 0 Å². The van der Waals surface area contributed by atoms with E-state index in [2.05, 4.69) is 25.5 Å². The predicted octanol–water partition coefficient (Wildman–Crippen LogP) is 0.0141. The number of aldehydes is 1. The fourth-order valence-electron chi connectivity index (χ4n) is 2.65. The van der Waals surface area contributed by atoms with E-state index in [-0.39, 0.29) is 0 Å². The van der Waals surface area contributed by atoms with Crippen molar-refractivity contribution in [3.05, 3.63) is 6.33 Å². The van der Waals surface area contributed by atoms with E-state index < -0.39 is 6.17 Å². The molecule has 0 spiro atoms. The van der Waals surface area contributed by atoms with Crippen LogP contribution in [0.5, 0.6) is 0 Å². The second kappa shape index (κ2) is 5.00. The van der Waals surface area contributed by atoms with Gasteiger partial charge in [-0.05, 0) is 25.3 Å². The predicted molar refractivity (Wildman–Crippen MR) is 73.1 cm³/mol. The maximum absolute atomic E-state index is 10.8. The van der Waals surface area contributed by atoms with Crippen molar-refractivity contribution in [1.82, 2.24) is 9.97 Å². The zero-order valence-electron chi connectivity index (χ0n) is 10.7. The highest BCUT2D eigenvalue weighted by atomic mass is 16.1. The molecule has 3 rings (SSSR count). The second-order valence-electron chi connectivity index (χ2n) is 4.99. The molecular formula is C12H18N6O. The van der Waals surface area contributed by atoms with Gasteiger partial charge in [0.05, 0.1) is 0 Å². The van der Waals surface area contributed by atoms with Crippen molar-refractivity contribution >= 4 is 23.6 Å². The van der Waals surface area contributed by atoms with Crippen LogP contribution in [-0.4, -0.2) is 42.1 Å². The third kappa shape index (κ3) is 2.21. The second-order valence-corrected chi connectivity index (χ2v) is 4.99. The summed E-state index contributed by atoms with van der Waals surface area (Å²) in [5, 5.41) is 6.11. The zero-order chi connectivity index (χ0) is 13.2. The minimum Gasteiger partial charge on any atom is -0.355 e. The van der Waals surface area contributed by atoms with Crippen LogP contribution in [0.2, 0.25) is 0 Å². The van der Waals surface area contributed by atoms with E-state index in [1.807, 2.05) is 0 Å². The van der Waals surface area contributed by atoms with Crippen LogP contribution in [0.3, 0.4) is 0 Å². The van der Waals surface area contributed by atoms with Gasteiger partial charge in [-0.15, -0.1) is 0 Å². The summed E-state index contributed by atoms with van der Waals surface area (Å²) >= 11 is 0. The Morgan fingerprint density at radius 2 is 2.16 bits per heavy atom. The maximum Gasteiger partial charge on any atom is 0.162 e. The minimum atomic E-state index is -0.410. The van der Waals surface area contributed by atoms with Crippen molar-refractivity contribution in [2.24, 2.45) is 11.7 Å². The van der Waals surface area contributed by atoms with E-state index in [1.165, 1.54) is 6.33 Å². The molecule has 0 bridgehead atoms. The summed E-state index contributed by atoms with van der Waals surface area (Å²) in [5.74, 6) is 2.18. The molecule has 7 heteroatoms. The lowest BCUT2D eigenvalue weighted by atomic mass is 9.97. The number of hydrogen-bond acceptors (Lipinski definition) is 7. The quantitative estimate of drug-likeness (QED) is 0.660. The number of rotatable bonds is 3. The van der Waals surface area contributed by atoms with Crippen molar-refractivity contribution < 1.29 is 4.79 Å². The summed E-state index contributed by atoms with van der Waals surface area (Å²) in [4.78, 5) is 21.6. The highest BCUT2D eigenvalue weighted by Gasteiger charge is 2.28. The van der Waals surface area contributed by atoms with Crippen LogP contribution in [0.15, 0.2) is 6.33 Å². The summed E-state index contributed by atoms with van der Waals surface area (Å²) in [6.07, 6.45) is 4.11. The van der Waals surface area contributed by atoms with Crippen LogP contribution in [-0.2, 0) is 4.79 Å². The van der Waals surface area contributed by atoms with Gasteiger partial charge in [0, 0.05) is 13.1 Å². The number of aromatic nitrogens is 2. The molecule has 19 heavy (non-hydrogen) atoms. The summed E-state index contributed by atoms with van der Waals surface area (Å²) in [6, 6.07) is 0. The number of carbonyl (C=O) groups is 1. The fraction of sp³-hybridized carbons (Fsp3) is 0.583. The number of nitrogens with zero attached hydrogens (tertiary/aromatic N) is 3. The maximum atomic E-state index is 10.8. The molecular weight excluding hydrogens is 244 g/mol. The van der Waals surface area contributed by atoms with E-state index in [0.29, 0.717) is 11.7 Å². The smallest absolute Gasteiger partial charge is 0.162 e. The molecule has 1 aromatic rings. The van der Waals surface area contributed by atoms with Gasteiger partial charge >= 0.3 is 0 Å². The lowest BCUT2D eigenvalue weighted by molar-refractivity contribution is -0.107. The first kappa shape index (κ1) is 12.2. The van der Waals surface area contributed by atoms with Gasteiger partial charge in [-0.3, -0.25) is 4.79 Å². The molecule has 4 N–H and O–H groups in total. The third-order valence-electron chi connectivity index (χ3n) is 3.80. The molecule has 2 aliphatic heterocycles. The van der Waals surface area contributed by atoms with Gasteiger partial charge < -0.3 is 21.3 Å². The summed E-state index contributed by atoms with van der Waals surface area (Å²) < 4.78 is 0. The van der Waals surface area contributed by atoms with Crippen LogP contribution >= 0.6 is 0 Å². The molecule has 1 saturated heterocycles. The van der Waals surface area contributed by atoms with Crippen molar-refractivity contribution in [2.45, 2.75) is 19.0 Å². The number of nitrogens with two attached hydrogens (primary N) is 1. The fourth-order valence-corrected chi connectivity index (χ4v) is 2.65. The molecule has 1 unspecified atom stereocenters. The van der Waals surface area contributed by atoms with E-state index >= 15 is 0 Å². The first-order valence-electron chi connectivity index (χ1n) is 6.60. The Bertz CT molecular complexity index is 471.